The molecule has 0 spiro atoms. The van der Waals surface area contributed by atoms with Gasteiger partial charge in [-0.05, 0) is 62.4 Å². The molecule has 0 aromatic heterocycles. The van der Waals surface area contributed by atoms with Gasteiger partial charge in [-0.25, -0.2) is 14.0 Å². The molecule has 2 atom stereocenters. The van der Waals surface area contributed by atoms with Crippen LogP contribution >= 0.6 is 0 Å². The molecule has 36 heavy (non-hydrogen) atoms. The van der Waals surface area contributed by atoms with Gasteiger partial charge in [-0.3, -0.25) is 4.90 Å². The van der Waals surface area contributed by atoms with E-state index in [0.29, 0.717) is 18.0 Å². The maximum absolute atomic E-state index is 13.4. The quantitative estimate of drug-likeness (QED) is 0.330. The number of benzene rings is 1. The zero-order chi connectivity index (χ0) is 26.9. The summed E-state index contributed by atoms with van der Waals surface area (Å²) in [7, 11) is 0. The average Bonchev–Trinajstić information content (AvgIpc) is 2.84. The van der Waals surface area contributed by atoms with Gasteiger partial charge in [-0.15, -0.1) is 0 Å². The normalized spacial score (nSPS) is 19.3. The maximum atomic E-state index is 13.4. The van der Waals surface area contributed by atoms with Crippen LogP contribution in [-0.2, 0) is 22.3 Å². The summed E-state index contributed by atoms with van der Waals surface area (Å²) >= 11 is 0. The first-order chi connectivity index (χ1) is 16.9. The van der Waals surface area contributed by atoms with Crippen LogP contribution in [0.2, 0.25) is 0 Å². The van der Waals surface area contributed by atoms with Crippen LogP contribution in [0.5, 0.6) is 0 Å². The molecular weight excluding hydrogens is 488 g/mol. The Morgan fingerprint density at radius 1 is 0.972 bits per heavy atom. The van der Waals surface area contributed by atoms with Crippen LogP contribution in [0.3, 0.4) is 0 Å². The zero-order valence-electron chi connectivity index (χ0n) is 19.9. The van der Waals surface area contributed by atoms with Crippen LogP contribution in [0, 0.1) is 11.7 Å². The fourth-order valence-corrected chi connectivity index (χ4v) is 4.66. The number of carbonyl (C=O) groups is 2. The first kappa shape index (κ1) is 29.9. The lowest BCUT2D eigenvalue weighted by atomic mass is 9.88. The number of alkyl halides is 3. The highest BCUT2D eigenvalue weighted by Gasteiger charge is 2.35. The lowest BCUT2D eigenvalue weighted by Gasteiger charge is -2.38. The molecule has 1 saturated carbocycles. The fraction of sp³-hybridized carbons (Fsp3) is 0.667. The summed E-state index contributed by atoms with van der Waals surface area (Å²) < 4.78 is 53.6. The van der Waals surface area contributed by atoms with Gasteiger partial charge in [-0.2, -0.15) is 13.2 Å². The van der Waals surface area contributed by atoms with Crippen molar-refractivity contribution in [1.29, 1.82) is 0 Å². The van der Waals surface area contributed by atoms with Crippen LogP contribution in [0.15, 0.2) is 18.2 Å². The number of aliphatic hydroxyl groups is 2. The Morgan fingerprint density at radius 3 is 2.03 bits per heavy atom. The molecule has 2 aliphatic rings. The van der Waals surface area contributed by atoms with Gasteiger partial charge in [0.15, 0.2) is 12.2 Å². The van der Waals surface area contributed by atoms with Gasteiger partial charge in [0.2, 0.25) is 0 Å². The Morgan fingerprint density at radius 2 is 1.53 bits per heavy atom. The standard InChI is InChI=1S/C20H28F4N2.C4H6O6/c21-17-7-6-16(19(12-17)20(22,23)24)14-26(18-8-10-25-11-9-18)13-15-4-2-1-3-5-15;5-1(3(7)8)2(6)4(9)10/h6-7,12,15,18,25H,1-5,8-11,13-14H2;1-2,5-6H,(H,7,8)(H,9,10)/t;1-,2-/m.1/s1. The Kier molecular flexibility index (Phi) is 11.5. The van der Waals surface area contributed by atoms with Crippen LogP contribution in [0.1, 0.15) is 56.1 Å². The summed E-state index contributed by atoms with van der Waals surface area (Å²) in [5.41, 5.74) is -0.645. The Labute approximate surface area is 206 Å². The molecule has 2 fully saturated rings. The molecule has 3 rings (SSSR count). The molecule has 1 aliphatic heterocycles. The Balaban J connectivity index is 0.000000388. The number of aliphatic carboxylic acids is 2. The Bertz CT molecular complexity index is 839. The number of hydrogen-bond acceptors (Lipinski definition) is 6. The topological polar surface area (TPSA) is 130 Å². The van der Waals surface area contributed by atoms with E-state index < -0.39 is 41.7 Å². The minimum absolute atomic E-state index is 0.188. The van der Waals surface area contributed by atoms with Gasteiger partial charge >= 0.3 is 18.1 Å². The lowest BCUT2D eigenvalue weighted by molar-refractivity contribution is -0.165. The number of aliphatic hydroxyl groups excluding tert-OH is 2. The first-order valence-electron chi connectivity index (χ1n) is 12.0. The van der Waals surface area contributed by atoms with Crippen molar-refractivity contribution in [2.24, 2.45) is 5.92 Å². The molecule has 1 heterocycles. The van der Waals surface area contributed by atoms with Crippen LogP contribution < -0.4 is 5.32 Å². The van der Waals surface area contributed by atoms with Crippen molar-refractivity contribution in [1.82, 2.24) is 10.2 Å². The average molecular weight is 523 g/mol. The third kappa shape index (κ3) is 9.30. The van der Waals surface area contributed by atoms with Gasteiger partial charge in [-0.1, -0.05) is 25.3 Å². The Hall–Kier alpha value is -2.28. The summed E-state index contributed by atoms with van der Waals surface area (Å²) in [4.78, 5) is 21.8. The minimum Gasteiger partial charge on any atom is -0.479 e. The lowest BCUT2D eigenvalue weighted by Crippen LogP contribution is -2.45. The molecule has 1 aromatic rings. The fourth-order valence-electron chi connectivity index (χ4n) is 4.66. The van der Waals surface area contributed by atoms with Gasteiger partial charge < -0.3 is 25.7 Å². The predicted molar refractivity (Wildman–Crippen MR) is 122 cm³/mol. The second-order valence-corrected chi connectivity index (χ2v) is 9.28. The SMILES string of the molecule is Fc1ccc(CN(CC2CCCCC2)C2CCNCC2)c(C(F)(F)F)c1.O=C(O)[C@H](O)[C@@H](O)C(=O)O. The number of piperidine rings is 1. The summed E-state index contributed by atoms with van der Waals surface area (Å²) in [6.07, 6.45) is -1.12. The van der Waals surface area contributed by atoms with E-state index in [4.69, 9.17) is 20.4 Å². The van der Waals surface area contributed by atoms with Gasteiger partial charge in [0, 0.05) is 19.1 Å². The van der Waals surface area contributed by atoms with Crippen molar-refractivity contribution in [2.45, 2.75) is 75.9 Å². The minimum atomic E-state index is -4.53. The van der Waals surface area contributed by atoms with Crippen molar-refractivity contribution in [3.8, 4) is 0 Å². The molecule has 8 nitrogen and oxygen atoms in total. The van der Waals surface area contributed by atoms with Crippen molar-refractivity contribution < 1.29 is 47.6 Å². The van der Waals surface area contributed by atoms with Crippen molar-refractivity contribution in [3.63, 3.8) is 0 Å². The summed E-state index contributed by atoms with van der Waals surface area (Å²) in [6, 6.07) is 3.39. The highest BCUT2D eigenvalue weighted by molar-refractivity contribution is 5.83. The molecular formula is C24H34F4N2O6. The largest absolute Gasteiger partial charge is 0.479 e. The number of nitrogens with one attached hydrogen (secondary N) is 1. The van der Waals surface area contributed by atoms with Crippen LogP contribution in [0.25, 0.3) is 0 Å². The van der Waals surface area contributed by atoms with Gasteiger partial charge in [0.1, 0.15) is 5.82 Å². The molecule has 12 heteroatoms. The predicted octanol–water partition coefficient (Wildman–Crippen LogP) is 2.86. The number of carboxylic acids is 2. The molecule has 0 bridgehead atoms. The number of rotatable bonds is 8. The highest BCUT2D eigenvalue weighted by Crippen LogP contribution is 2.34. The molecule has 1 saturated heterocycles. The number of halogens is 4. The van der Waals surface area contributed by atoms with Crippen LogP contribution in [-0.4, -0.2) is 75.1 Å². The van der Waals surface area contributed by atoms with E-state index in [-0.39, 0.29) is 12.1 Å². The maximum Gasteiger partial charge on any atom is 0.416 e. The summed E-state index contributed by atoms with van der Waals surface area (Å²) in [6.45, 7) is 2.90. The second kappa shape index (κ2) is 13.9. The van der Waals surface area contributed by atoms with Crippen molar-refractivity contribution >= 4 is 11.9 Å². The third-order valence-electron chi connectivity index (χ3n) is 6.60. The number of hydrogen-bond donors (Lipinski definition) is 5. The highest BCUT2D eigenvalue weighted by atomic mass is 19.4. The van der Waals surface area contributed by atoms with E-state index in [9.17, 15) is 27.2 Å². The number of carboxylic acid groups (broad SMARTS) is 2. The van der Waals surface area contributed by atoms with E-state index in [0.717, 1.165) is 51.4 Å². The summed E-state index contributed by atoms with van der Waals surface area (Å²) in [5, 5.41) is 35.8. The smallest absolute Gasteiger partial charge is 0.416 e. The molecule has 204 valence electrons. The van der Waals surface area contributed by atoms with Gasteiger partial charge in [0.05, 0.1) is 5.56 Å². The third-order valence-corrected chi connectivity index (χ3v) is 6.60. The molecule has 0 unspecified atom stereocenters. The van der Waals surface area contributed by atoms with Crippen molar-refractivity contribution in [2.75, 3.05) is 19.6 Å². The van der Waals surface area contributed by atoms with Crippen molar-refractivity contribution in [3.05, 3.63) is 35.1 Å². The summed E-state index contributed by atoms with van der Waals surface area (Å²) in [5.74, 6) is -3.81. The first-order valence-corrected chi connectivity index (χ1v) is 12.0. The molecule has 1 aliphatic carbocycles. The van der Waals surface area contributed by atoms with Crippen LogP contribution in [0.4, 0.5) is 17.6 Å². The molecule has 1 aromatic carbocycles. The number of nitrogens with zero attached hydrogens (tertiary/aromatic N) is 1. The molecule has 0 radical (unpaired) electrons. The van der Waals surface area contributed by atoms with E-state index in [1.807, 2.05) is 0 Å². The van der Waals surface area contributed by atoms with E-state index >= 15 is 0 Å². The van der Waals surface area contributed by atoms with E-state index in [1.54, 1.807) is 0 Å². The zero-order valence-corrected chi connectivity index (χ0v) is 19.9. The second-order valence-electron chi connectivity index (χ2n) is 9.28. The van der Waals surface area contributed by atoms with E-state index in [1.165, 1.54) is 25.3 Å². The van der Waals surface area contributed by atoms with E-state index in [2.05, 4.69) is 10.2 Å². The monoisotopic (exact) mass is 522 g/mol. The van der Waals surface area contributed by atoms with Gasteiger partial charge in [0.25, 0.3) is 0 Å². The molecule has 0 amide bonds. The molecule has 5 N–H and O–H groups in total.